The van der Waals surface area contributed by atoms with Crippen LogP contribution in [-0.4, -0.2) is 88.0 Å². The van der Waals surface area contributed by atoms with Crippen LogP contribution >= 0.6 is 33.4 Å². The van der Waals surface area contributed by atoms with Gasteiger partial charge in [0, 0.05) is 37.7 Å². The van der Waals surface area contributed by atoms with E-state index in [0.29, 0.717) is 39.6 Å². The SMILES string of the molecule is COc1cc(Cl)c(-c2nc(SC(C)C(=O)N(C)C)nc3c2c(C#N)cn3COCCS(C)(C)C)cc1O. The van der Waals surface area contributed by atoms with Crippen molar-refractivity contribution in [1.82, 2.24) is 19.4 Å². The van der Waals surface area contributed by atoms with Gasteiger partial charge in [0.25, 0.3) is 0 Å². The van der Waals surface area contributed by atoms with E-state index in [9.17, 15) is 15.2 Å². The van der Waals surface area contributed by atoms with Gasteiger partial charge in [-0.05, 0) is 31.8 Å². The summed E-state index contributed by atoms with van der Waals surface area (Å²) < 4.78 is 12.9. The van der Waals surface area contributed by atoms with Crippen molar-refractivity contribution in [3.63, 3.8) is 0 Å². The third-order valence-corrected chi connectivity index (χ3v) is 8.13. The third-order valence-electron chi connectivity index (χ3n) is 5.48. The maximum absolute atomic E-state index is 12.5. The molecular formula is C25H32ClN5O4S2. The van der Waals surface area contributed by atoms with Gasteiger partial charge in [-0.3, -0.25) is 4.79 Å². The van der Waals surface area contributed by atoms with Crippen LogP contribution in [0, 0.1) is 11.3 Å². The summed E-state index contributed by atoms with van der Waals surface area (Å²) in [5, 5.41) is 21.0. The molecule has 0 saturated heterocycles. The molecule has 200 valence electrons. The first kappa shape index (κ1) is 28.9. The number of carbonyl (C=O) groups is 1. The van der Waals surface area contributed by atoms with Crippen LogP contribution < -0.4 is 4.74 Å². The molecule has 1 aromatic carbocycles. The van der Waals surface area contributed by atoms with Crippen LogP contribution in [0.4, 0.5) is 0 Å². The molecule has 0 bridgehead atoms. The van der Waals surface area contributed by atoms with Gasteiger partial charge < -0.3 is 24.0 Å². The molecule has 0 aliphatic carbocycles. The van der Waals surface area contributed by atoms with Crippen molar-refractivity contribution in [3.8, 4) is 28.8 Å². The Bertz CT molecular complexity index is 1350. The number of thioether (sulfide) groups is 1. The van der Waals surface area contributed by atoms with E-state index in [1.54, 1.807) is 31.8 Å². The lowest BCUT2D eigenvalue weighted by Gasteiger charge is -2.24. The zero-order valence-corrected chi connectivity index (χ0v) is 24.4. The van der Waals surface area contributed by atoms with Crippen LogP contribution in [0.15, 0.2) is 23.5 Å². The minimum Gasteiger partial charge on any atom is -0.504 e. The average molecular weight is 566 g/mol. The number of nitrogens with zero attached hydrogens (tertiary/aromatic N) is 5. The molecule has 2 heterocycles. The number of nitriles is 1. The summed E-state index contributed by atoms with van der Waals surface area (Å²) in [6, 6.07) is 5.16. The lowest BCUT2D eigenvalue weighted by Crippen LogP contribution is -2.29. The highest BCUT2D eigenvalue weighted by molar-refractivity contribution is 8.32. The molecule has 3 rings (SSSR count). The second kappa shape index (κ2) is 11.8. The molecule has 0 aliphatic rings. The van der Waals surface area contributed by atoms with Gasteiger partial charge in [-0.25, -0.2) is 20.0 Å². The summed E-state index contributed by atoms with van der Waals surface area (Å²) in [7, 11) is 4.10. The highest BCUT2D eigenvalue weighted by Gasteiger charge is 2.24. The molecule has 9 nitrogen and oxygen atoms in total. The second-order valence-electron chi connectivity index (χ2n) is 9.51. The summed E-state index contributed by atoms with van der Waals surface area (Å²) >= 11 is 7.78. The van der Waals surface area contributed by atoms with E-state index in [0.717, 1.165) is 5.75 Å². The number of aromatic hydroxyl groups is 1. The zero-order chi connectivity index (χ0) is 27.5. The van der Waals surface area contributed by atoms with E-state index >= 15 is 0 Å². The minimum atomic E-state index is -0.713. The van der Waals surface area contributed by atoms with E-state index in [-0.39, 0.29) is 29.2 Å². The predicted molar refractivity (Wildman–Crippen MR) is 151 cm³/mol. The van der Waals surface area contributed by atoms with Crippen molar-refractivity contribution in [2.45, 2.75) is 24.1 Å². The molecule has 0 saturated carbocycles. The summed E-state index contributed by atoms with van der Waals surface area (Å²) in [5.74, 6) is 0.955. The van der Waals surface area contributed by atoms with E-state index in [2.05, 4.69) is 24.8 Å². The number of benzene rings is 1. The molecule has 1 atom stereocenters. The molecule has 0 aliphatic heterocycles. The molecule has 37 heavy (non-hydrogen) atoms. The van der Waals surface area contributed by atoms with Gasteiger partial charge in [0.2, 0.25) is 5.91 Å². The molecule has 1 amide bonds. The summed E-state index contributed by atoms with van der Waals surface area (Å²) in [6.07, 6.45) is 8.35. The first-order valence-electron chi connectivity index (χ1n) is 11.4. The van der Waals surface area contributed by atoms with Gasteiger partial charge in [0.05, 0.1) is 40.6 Å². The topological polar surface area (TPSA) is 114 Å². The fraction of sp³-hybridized carbons (Fsp3) is 0.440. The standard InChI is InChI=1S/C25H32ClN5O4S2/c1-15(24(33)30(2)3)36-25-28-22(17-10-19(32)20(34-4)11-18(17)26)21-16(12-27)13-31(23(21)29-25)14-35-8-9-37(5,6)7/h10-11,13,15,32H,8-9,14H2,1-7H3. The Morgan fingerprint density at radius 1 is 1.32 bits per heavy atom. The number of phenolic OH excluding ortho intramolecular Hbond substituents is 1. The number of halogens is 1. The Morgan fingerprint density at radius 2 is 2.03 bits per heavy atom. The maximum atomic E-state index is 12.5. The number of carbonyl (C=O) groups excluding carboxylic acids is 1. The van der Waals surface area contributed by atoms with E-state index < -0.39 is 15.3 Å². The van der Waals surface area contributed by atoms with Gasteiger partial charge in [0.1, 0.15) is 18.4 Å². The predicted octanol–water partition coefficient (Wildman–Crippen LogP) is 4.57. The zero-order valence-electron chi connectivity index (χ0n) is 22.0. The Kier molecular flexibility index (Phi) is 9.23. The minimum absolute atomic E-state index is 0.0866. The molecule has 0 fully saturated rings. The van der Waals surface area contributed by atoms with Crippen molar-refractivity contribution < 1.29 is 19.4 Å². The van der Waals surface area contributed by atoms with Crippen LogP contribution in [0.5, 0.6) is 11.5 Å². The van der Waals surface area contributed by atoms with Crippen molar-refractivity contribution in [3.05, 3.63) is 28.9 Å². The van der Waals surface area contributed by atoms with Crippen molar-refractivity contribution in [2.75, 3.05) is 52.3 Å². The monoisotopic (exact) mass is 565 g/mol. The largest absolute Gasteiger partial charge is 0.504 e. The smallest absolute Gasteiger partial charge is 0.235 e. The molecule has 12 heteroatoms. The Morgan fingerprint density at radius 3 is 2.62 bits per heavy atom. The summed E-state index contributed by atoms with van der Waals surface area (Å²) in [6.45, 7) is 2.55. The lowest BCUT2D eigenvalue weighted by molar-refractivity contribution is -0.127. The molecular weight excluding hydrogens is 534 g/mol. The Hall–Kier alpha value is -2.65. The molecule has 2 aromatic heterocycles. The van der Waals surface area contributed by atoms with Gasteiger partial charge in [-0.2, -0.15) is 5.26 Å². The maximum Gasteiger partial charge on any atom is 0.235 e. The molecule has 1 N–H and O–H groups in total. The van der Waals surface area contributed by atoms with Crippen molar-refractivity contribution >= 4 is 50.3 Å². The molecule has 3 aromatic rings. The molecule has 1 unspecified atom stereocenters. The third kappa shape index (κ3) is 6.82. The van der Waals surface area contributed by atoms with Crippen molar-refractivity contribution in [2.24, 2.45) is 0 Å². The summed E-state index contributed by atoms with van der Waals surface area (Å²) in [5.41, 5.74) is 1.60. The van der Waals surface area contributed by atoms with E-state index in [1.165, 1.54) is 35.9 Å². The van der Waals surface area contributed by atoms with Crippen molar-refractivity contribution in [1.29, 1.82) is 5.26 Å². The number of hydrogen-bond donors (Lipinski definition) is 1. The van der Waals surface area contributed by atoms with E-state index in [1.807, 2.05) is 0 Å². The number of hydrogen-bond acceptors (Lipinski definition) is 8. The first-order chi connectivity index (χ1) is 17.4. The fourth-order valence-corrected chi connectivity index (χ4v) is 5.30. The van der Waals surface area contributed by atoms with Crippen LogP contribution in [0.25, 0.3) is 22.3 Å². The highest BCUT2D eigenvalue weighted by Crippen LogP contribution is 2.41. The normalized spacial score (nSPS) is 12.8. The number of phenols is 1. The number of methoxy groups -OCH3 is 1. The number of amides is 1. The van der Waals surface area contributed by atoms with Gasteiger partial charge in [-0.15, -0.1) is 0 Å². The number of fused-ring (bicyclic) bond motifs is 1. The number of aromatic nitrogens is 3. The number of ether oxygens (including phenoxy) is 2. The lowest BCUT2D eigenvalue weighted by atomic mass is 10.1. The number of rotatable bonds is 10. The Balaban J connectivity index is 2.17. The van der Waals surface area contributed by atoms with Crippen LogP contribution in [0.1, 0.15) is 12.5 Å². The van der Waals surface area contributed by atoms with Gasteiger partial charge in [-0.1, -0.05) is 23.4 Å². The van der Waals surface area contributed by atoms with E-state index in [4.69, 9.17) is 31.0 Å². The quantitative estimate of drug-likeness (QED) is 0.216. The van der Waals surface area contributed by atoms with Crippen LogP contribution in [0.3, 0.4) is 0 Å². The van der Waals surface area contributed by atoms with Crippen LogP contribution in [0.2, 0.25) is 5.02 Å². The molecule has 0 radical (unpaired) electrons. The first-order valence-corrected chi connectivity index (χ1v) is 15.6. The average Bonchev–Trinajstić information content (AvgIpc) is 3.18. The fourth-order valence-electron chi connectivity index (χ4n) is 3.53. The van der Waals surface area contributed by atoms with Gasteiger partial charge >= 0.3 is 0 Å². The Labute approximate surface area is 228 Å². The second-order valence-corrected chi connectivity index (χ2v) is 15.8. The highest BCUT2D eigenvalue weighted by atomic mass is 35.5. The van der Waals surface area contributed by atoms with Crippen LogP contribution in [-0.2, 0) is 16.3 Å². The van der Waals surface area contributed by atoms with Gasteiger partial charge in [0.15, 0.2) is 16.7 Å². The molecule has 0 spiro atoms. The summed E-state index contributed by atoms with van der Waals surface area (Å²) in [4.78, 5) is 23.5.